The van der Waals surface area contributed by atoms with Crippen LogP contribution in [0.15, 0.2) is 12.7 Å². The van der Waals surface area contributed by atoms with Gasteiger partial charge in [-0.05, 0) is 39.3 Å². The lowest BCUT2D eigenvalue weighted by molar-refractivity contribution is 0.329. The van der Waals surface area contributed by atoms with Crippen LogP contribution in [-0.2, 0) is 0 Å². The van der Waals surface area contributed by atoms with Gasteiger partial charge in [0.05, 0.1) is 0 Å². The van der Waals surface area contributed by atoms with Crippen molar-refractivity contribution >= 4 is 0 Å². The van der Waals surface area contributed by atoms with E-state index in [1.807, 2.05) is 6.08 Å². The van der Waals surface area contributed by atoms with Crippen molar-refractivity contribution in [1.29, 1.82) is 0 Å². The Kier molecular flexibility index (Phi) is 5.09. The highest BCUT2D eigenvalue weighted by Gasteiger charge is 2.10. The molecule has 2 heteroatoms. The fourth-order valence-electron chi connectivity index (χ4n) is 1.81. The minimum absolute atomic E-state index is 0.583. The summed E-state index contributed by atoms with van der Waals surface area (Å²) in [5.74, 6) is 0. The van der Waals surface area contributed by atoms with Crippen molar-refractivity contribution in [2.45, 2.75) is 32.2 Å². The molecule has 0 aromatic heterocycles. The largest absolute Gasteiger partial charge is 0.313 e. The maximum Gasteiger partial charge on any atom is 0.0107 e. The van der Waals surface area contributed by atoms with Gasteiger partial charge in [0.25, 0.3) is 0 Å². The summed E-state index contributed by atoms with van der Waals surface area (Å²) < 4.78 is 0. The predicted molar refractivity (Wildman–Crippen MR) is 58.0 cm³/mol. The first kappa shape index (κ1) is 10.7. The molecule has 1 unspecified atom stereocenters. The van der Waals surface area contributed by atoms with Gasteiger partial charge in [0.15, 0.2) is 0 Å². The van der Waals surface area contributed by atoms with Gasteiger partial charge in [-0.25, -0.2) is 0 Å². The smallest absolute Gasteiger partial charge is 0.0107 e. The Balaban J connectivity index is 1.96. The van der Waals surface area contributed by atoms with E-state index < -0.39 is 0 Å². The van der Waals surface area contributed by atoms with E-state index in [4.69, 9.17) is 0 Å². The number of likely N-dealkylation sites (tertiary alicyclic amines) is 1. The van der Waals surface area contributed by atoms with Crippen molar-refractivity contribution < 1.29 is 0 Å². The van der Waals surface area contributed by atoms with Crippen LogP contribution in [0.4, 0.5) is 0 Å². The molecule has 0 bridgehead atoms. The highest BCUT2D eigenvalue weighted by atomic mass is 15.1. The minimum Gasteiger partial charge on any atom is -0.313 e. The van der Waals surface area contributed by atoms with E-state index in [0.29, 0.717) is 6.04 Å². The van der Waals surface area contributed by atoms with Gasteiger partial charge in [-0.15, -0.1) is 6.58 Å². The summed E-state index contributed by atoms with van der Waals surface area (Å²) in [5, 5.41) is 3.50. The van der Waals surface area contributed by atoms with Crippen molar-refractivity contribution in [2.75, 3.05) is 26.2 Å². The molecule has 1 rings (SSSR count). The molecule has 2 nitrogen and oxygen atoms in total. The van der Waals surface area contributed by atoms with Crippen LogP contribution in [0.5, 0.6) is 0 Å². The lowest BCUT2D eigenvalue weighted by atomic mass is 10.2. The molecule has 1 atom stereocenters. The molecule has 0 aromatic carbocycles. The third-order valence-corrected chi connectivity index (χ3v) is 2.64. The second kappa shape index (κ2) is 6.17. The van der Waals surface area contributed by atoms with Crippen molar-refractivity contribution in [3.05, 3.63) is 12.7 Å². The zero-order valence-corrected chi connectivity index (χ0v) is 8.76. The summed E-state index contributed by atoms with van der Waals surface area (Å²) in [6.45, 7) is 10.9. The Morgan fingerprint density at radius 3 is 2.77 bits per heavy atom. The van der Waals surface area contributed by atoms with Gasteiger partial charge in [0.1, 0.15) is 0 Å². The first-order valence-corrected chi connectivity index (χ1v) is 5.39. The minimum atomic E-state index is 0.583. The first-order chi connectivity index (χ1) is 6.33. The second-order valence-electron chi connectivity index (χ2n) is 3.93. The molecule has 1 heterocycles. The van der Waals surface area contributed by atoms with Crippen LogP contribution in [-0.4, -0.2) is 37.1 Å². The first-order valence-electron chi connectivity index (χ1n) is 5.39. The van der Waals surface area contributed by atoms with E-state index in [2.05, 4.69) is 23.7 Å². The van der Waals surface area contributed by atoms with Gasteiger partial charge in [0, 0.05) is 19.1 Å². The maximum atomic E-state index is 3.74. The SMILES string of the molecule is C=CCC(C)NCCN1CCCC1. The van der Waals surface area contributed by atoms with Crippen LogP contribution < -0.4 is 5.32 Å². The second-order valence-corrected chi connectivity index (χ2v) is 3.93. The van der Waals surface area contributed by atoms with Crippen LogP contribution in [0.25, 0.3) is 0 Å². The molecular formula is C11H22N2. The summed E-state index contributed by atoms with van der Waals surface area (Å²) in [6.07, 6.45) is 5.83. The summed E-state index contributed by atoms with van der Waals surface area (Å²) in [4.78, 5) is 2.54. The molecule has 1 aliphatic heterocycles. The average molecular weight is 182 g/mol. The van der Waals surface area contributed by atoms with Crippen molar-refractivity contribution in [1.82, 2.24) is 10.2 Å². The van der Waals surface area contributed by atoms with E-state index in [9.17, 15) is 0 Å². The molecule has 0 aromatic rings. The molecule has 0 saturated carbocycles. The normalized spacial score (nSPS) is 20.4. The Morgan fingerprint density at radius 2 is 2.15 bits per heavy atom. The molecular weight excluding hydrogens is 160 g/mol. The van der Waals surface area contributed by atoms with Gasteiger partial charge in [-0.1, -0.05) is 6.08 Å². The van der Waals surface area contributed by atoms with Crippen LogP contribution in [0.2, 0.25) is 0 Å². The Hall–Kier alpha value is -0.340. The molecule has 1 fully saturated rings. The average Bonchev–Trinajstić information content (AvgIpc) is 2.57. The van der Waals surface area contributed by atoms with Gasteiger partial charge < -0.3 is 10.2 Å². The van der Waals surface area contributed by atoms with E-state index in [1.165, 1.54) is 32.5 Å². The van der Waals surface area contributed by atoms with E-state index >= 15 is 0 Å². The predicted octanol–water partition coefficient (Wildman–Crippen LogP) is 1.64. The number of nitrogens with zero attached hydrogens (tertiary/aromatic N) is 1. The molecule has 0 spiro atoms. The molecule has 13 heavy (non-hydrogen) atoms. The highest BCUT2D eigenvalue weighted by Crippen LogP contribution is 2.05. The number of rotatable bonds is 6. The van der Waals surface area contributed by atoms with Gasteiger partial charge in [0.2, 0.25) is 0 Å². The van der Waals surface area contributed by atoms with Crippen LogP contribution in [0.1, 0.15) is 26.2 Å². The number of nitrogens with one attached hydrogen (secondary N) is 1. The Morgan fingerprint density at radius 1 is 1.46 bits per heavy atom. The van der Waals surface area contributed by atoms with Crippen LogP contribution >= 0.6 is 0 Å². The van der Waals surface area contributed by atoms with Gasteiger partial charge in [-0.3, -0.25) is 0 Å². The third kappa shape index (κ3) is 4.44. The summed E-state index contributed by atoms with van der Waals surface area (Å²) in [5.41, 5.74) is 0. The van der Waals surface area contributed by atoms with Crippen LogP contribution in [0.3, 0.4) is 0 Å². The number of hydrogen-bond donors (Lipinski definition) is 1. The number of hydrogen-bond acceptors (Lipinski definition) is 2. The summed E-state index contributed by atoms with van der Waals surface area (Å²) in [7, 11) is 0. The molecule has 1 aliphatic rings. The van der Waals surface area contributed by atoms with Crippen molar-refractivity contribution in [2.24, 2.45) is 0 Å². The zero-order valence-electron chi connectivity index (χ0n) is 8.76. The molecule has 0 radical (unpaired) electrons. The maximum absolute atomic E-state index is 3.74. The lowest BCUT2D eigenvalue weighted by Gasteiger charge is -2.17. The van der Waals surface area contributed by atoms with Crippen molar-refractivity contribution in [3.63, 3.8) is 0 Å². The quantitative estimate of drug-likeness (QED) is 0.628. The van der Waals surface area contributed by atoms with Gasteiger partial charge >= 0.3 is 0 Å². The highest BCUT2D eigenvalue weighted by molar-refractivity contribution is 4.75. The van der Waals surface area contributed by atoms with Crippen LogP contribution in [0, 0.1) is 0 Å². The molecule has 76 valence electrons. The molecule has 0 amide bonds. The van der Waals surface area contributed by atoms with E-state index in [0.717, 1.165) is 13.0 Å². The van der Waals surface area contributed by atoms with Gasteiger partial charge in [-0.2, -0.15) is 0 Å². The topological polar surface area (TPSA) is 15.3 Å². The fourth-order valence-corrected chi connectivity index (χ4v) is 1.81. The molecule has 1 N–H and O–H groups in total. The van der Waals surface area contributed by atoms with Crippen molar-refractivity contribution in [3.8, 4) is 0 Å². The molecule has 1 saturated heterocycles. The molecule has 0 aliphatic carbocycles. The Bertz CT molecular complexity index is 139. The third-order valence-electron chi connectivity index (χ3n) is 2.64. The summed E-state index contributed by atoms with van der Waals surface area (Å²) in [6, 6.07) is 0.583. The standard InChI is InChI=1S/C11H22N2/c1-3-6-11(2)12-7-10-13-8-4-5-9-13/h3,11-12H,1,4-10H2,2H3. The fraction of sp³-hybridized carbons (Fsp3) is 0.818. The zero-order chi connectivity index (χ0) is 9.52. The van der Waals surface area contributed by atoms with E-state index in [-0.39, 0.29) is 0 Å². The lowest BCUT2D eigenvalue weighted by Crippen LogP contribution is -2.34. The summed E-state index contributed by atoms with van der Waals surface area (Å²) >= 11 is 0. The Labute approximate surface area is 82.0 Å². The monoisotopic (exact) mass is 182 g/mol. The van der Waals surface area contributed by atoms with E-state index in [1.54, 1.807) is 0 Å².